The second-order valence-corrected chi connectivity index (χ2v) is 9.94. The van der Waals surface area contributed by atoms with Gasteiger partial charge in [0.2, 0.25) is 0 Å². The Labute approximate surface area is 175 Å². The van der Waals surface area contributed by atoms with Gasteiger partial charge in [-0.15, -0.1) is 11.3 Å². The number of carbonyl (C=O) groups excluding carboxylic acids is 1. The molecule has 1 atom stereocenters. The number of hydrazone groups is 1. The molecule has 1 fully saturated rings. The van der Waals surface area contributed by atoms with E-state index in [1.807, 2.05) is 31.4 Å². The summed E-state index contributed by atoms with van der Waals surface area (Å²) in [6.45, 7) is 3.79. The quantitative estimate of drug-likeness (QED) is 0.299. The fourth-order valence-electron chi connectivity index (χ4n) is 2.54. The summed E-state index contributed by atoms with van der Waals surface area (Å²) in [4.78, 5) is 13.5. The molecule has 2 aromatic rings. The zero-order valence-electron chi connectivity index (χ0n) is 14.5. The summed E-state index contributed by atoms with van der Waals surface area (Å²) in [5.74, 6) is 0. The second-order valence-electron chi connectivity index (χ2n) is 6.23. The van der Waals surface area contributed by atoms with Gasteiger partial charge in [-0.1, -0.05) is 41.6 Å². The summed E-state index contributed by atoms with van der Waals surface area (Å²) >= 11 is 14.2. The first-order chi connectivity index (χ1) is 12.8. The summed E-state index contributed by atoms with van der Waals surface area (Å²) < 4.78 is -0.0770. The molecule has 3 rings (SSSR count). The highest BCUT2D eigenvalue weighted by molar-refractivity contribution is 8.24. The molecule has 0 spiro atoms. The van der Waals surface area contributed by atoms with Gasteiger partial charge in [-0.25, -0.2) is 9.80 Å². The third kappa shape index (κ3) is 4.61. The van der Waals surface area contributed by atoms with Crippen molar-refractivity contribution >= 4 is 69.2 Å². The molecule has 2 N–H and O–H groups in total. The average Bonchev–Trinajstić information content (AvgIpc) is 3.19. The third-order valence-corrected chi connectivity index (χ3v) is 6.37. The van der Waals surface area contributed by atoms with Gasteiger partial charge in [0.1, 0.15) is 0 Å². The highest BCUT2D eigenvalue weighted by Gasteiger charge is 2.50. The number of benzene rings is 1. The van der Waals surface area contributed by atoms with Gasteiger partial charge in [-0.3, -0.25) is 5.21 Å². The third-order valence-electron chi connectivity index (χ3n) is 3.78. The lowest BCUT2D eigenvalue weighted by Gasteiger charge is -2.34. The van der Waals surface area contributed by atoms with E-state index in [0.717, 1.165) is 4.88 Å². The Hall–Kier alpha value is -1.65. The van der Waals surface area contributed by atoms with Crippen LogP contribution in [0.15, 0.2) is 46.9 Å². The number of hydrogen-bond acceptors (Lipinski definition) is 6. The van der Waals surface area contributed by atoms with Gasteiger partial charge in [0.05, 0.1) is 11.0 Å². The molecule has 10 heteroatoms. The number of thiocarbonyl (C=S) groups is 1. The van der Waals surface area contributed by atoms with Crippen LogP contribution in [0.4, 0.5) is 10.5 Å². The molecule has 2 heterocycles. The normalized spacial score (nSPS) is 18.9. The molecule has 27 heavy (non-hydrogen) atoms. The Morgan fingerprint density at radius 2 is 2.11 bits per heavy atom. The van der Waals surface area contributed by atoms with Crippen LogP contribution in [0.25, 0.3) is 0 Å². The van der Waals surface area contributed by atoms with Crippen molar-refractivity contribution in [1.82, 2.24) is 10.1 Å². The predicted molar refractivity (Wildman–Crippen MR) is 116 cm³/mol. The molecule has 0 bridgehead atoms. The number of nitrogens with zero attached hydrogens (tertiary/aromatic N) is 3. The zero-order chi connectivity index (χ0) is 19.6. The fourth-order valence-corrected chi connectivity index (χ4v) is 5.03. The first kappa shape index (κ1) is 20.1. The molecule has 1 aliphatic heterocycles. The number of halogens is 1. The van der Waals surface area contributed by atoms with Crippen molar-refractivity contribution in [3.05, 3.63) is 51.7 Å². The molecule has 0 aliphatic carbocycles. The fraction of sp³-hybridized carbons (Fsp3) is 0.235. The van der Waals surface area contributed by atoms with Crippen LogP contribution >= 0.6 is 46.9 Å². The number of hydrogen-bond donors (Lipinski definition) is 2. The summed E-state index contributed by atoms with van der Waals surface area (Å²) in [6, 6.07) is 9.77. The largest absolute Gasteiger partial charge is 0.347 e. The van der Waals surface area contributed by atoms with Crippen molar-refractivity contribution < 1.29 is 10.0 Å². The lowest BCUT2D eigenvalue weighted by atomic mass is 10.1. The maximum atomic E-state index is 12.6. The van der Waals surface area contributed by atoms with Crippen LogP contribution in [0.2, 0.25) is 5.02 Å². The number of anilines is 1. The summed E-state index contributed by atoms with van der Waals surface area (Å²) in [5, 5.41) is 22.3. The van der Waals surface area contributed by atoms with Crippen LogP contribution in [-0.2, 0) is 0 Å². The van der Waals surface area contributed by atoms with Crippen molar-refractivity contribution in [1.29, 1.82) is 0 Å². The summed E-state index contributed by atoms with van der Waals surface area (Å²) in [7, 11) is 0. The van der Waals surface area contributed by atoms with E-state index in [9.17, 15) is 10.0 Å². The van der Waals surface area contributed by atoms with Crippen molar-refractivity contribution in [3.8, 4) is 0 Å². The van der Waals surface area contributed by atoms with E-state index >= 15 is 0 Å². The maximum absolute atomic E-state index is 12.6. The van der Waals surface area contributed by atoms with Crippen LogP contribution in [0.1, 0.15) is 18.7 Å². The van der Waals surface area contributed by atoms with Crippen LogP contribution in [-0.4, -0.2) is 42.8 Å². The Balaban J connectivity index is 1.80. The Morgan fingerprint density at radius 3 is 2.74 bits per heavy atom. The SMILES string of the molecule is CC1(C)SC(=S)N(/N=C\c2cccs2)[C@H]1N(O)C(=O)Nc1ccc(Cl)cc1. The van der Waals surface area contributed by atoms with E-state index in [1.54, 1.807) is 30.5 Å². The van der Waals surface area contributed by atoms with Crippen molar-refractivity contribution in [3.63, 3.8) is 0 Å². The summed E-state index contributed by atoms with van der Waals surface area (Å²) in [6.07, 6.45) is 0.898. The van der Waals surface area contributed by atoms with E-state index in [-0.39, 0.29) is 0 Å². The molecule has 0 unspecified atom stereocenters. The van der Waals surface area contributed by atoms with Gasteiger partial charge in [-0.05, 0) is 49.6 Å². The van der Waals surface area contributed by atoms with Crippen molar-refractivity contribution in [2.24, 2.45) is 5.10 Å². The van der Waals surface area contributed by atoms with Gasteiger partial charge >= 0.3 is 6.03 Å². The van der Waals surface area contributed by atoms with Gasteiger partial charge < -0.3 is 5.32 Å². The Morgan fingerprint density at radius 1 is 1.41 bits per heavy atom. The Kier molecular flexibility index (Phi) is 6.07. The minimum Gasteiger partial charge on any atom is -0.306 e. The highest BCUT2D eigenvalue weighted by Crippen LogP contribution is 2.42. The van der Waals surface area contributed by atoms with E-state index in [1.165, 1.54) is 28.1 Å². The lowest BCUT2D eigenvalue weighted by molar-refractivity contribution is -0.114. The zero-order valence-corrected chi connectivity index (χ0v) is 17.7. The molecule has 1 aromatic heterocycles. The molecule has 142 valence electrons. The van der Waals surface area contributed by atoms with Crippen LogP contribution in [0.3, 0.4) is 0 Å². The average molecular weight is 441 g/mol. The monoisotopic (exact) mass is 440 g/mol. The molecule has 1 saturated heterocycles. The van der Waals surface area contributed by atoms with E-state index in [4.69, 9.17) is 23.8 Å². The van der Waals surface area contributed by atoms with Crippen molar-refractivity contribution in [2.75, 3.05) is 5.32 Å². The Bertz CT molecular complexity index is 856. The van der Waals surface area contributed by atoms with Crippen molar-refractivity contribution in [2.45, 2.75) is 24.8 Å². The first-order valence-corrected chi connectivity index (χ1v) is 10.4. The van der Waals surface area contributed by atoms with Gasteiger partial charge in [0, 0.05) is 15.6 Å². The number of carbonyl (C=O) groups is 1. The number of thiophene rings is 1. The van der Waals surface area contributed by atoms with Crippen LogP contribution in [0, 0.1) is 0 Å². The van der Waals surface area contributed by atoms with Crippen LogP contribution in [0.5, 0.6) is 0 Å². The molecule has 0 radical (unpaired) electrons. The lowest BCUT2D eigenvalue weighted by Crippen LogP contribution is -2.54. The number of nitrogens with one attached hydrogen (secondary N) is 1. The second kappa shape index (κ2) is 8.15. The number of thioether (sulfide) groups is 1. The maximum Gasteiger partial charge on any atom is 0.347 e. The van der Waals surface area contributed by atoms with Crippen LogP contribution < -0.4 is 5.32 Å². The first-order valence-electron chi connectivity index (χ1n) is 7.92. The predicted octanol–water partition coefficient (Wildman–Crippen LogP) is 5.10. The molecule has 1 aliphatic rings. The van der Waals surface area contributed by atoms with E-state index in [2.05, 4.69) is 10.4 Å². The molecule has 0 saturated carbocycles. The standard InChI is InChI=1S/C17H17ClN4O2S3/c1-17(2)14(21(16(25)27-17)19-10-13-4-3-9-26-13)22(24)15(23)20-12-7-5-11(18)6-8-12/h3-10,14,24H,1-2H3,(H,20,23)/b19-10-/t14-/m0/s1. The molecular formula is C17H17ClN4O2S3. The van der Waals surface area contributed by atoms with E-state index < -0.39 is 16.9 Å². The van der Waals surface area contributed by atoms with Gasteiger partial charge in [0.25, 0.3) is 0 Å². The molecule has 1 aromatic carbocycles. The number of rotatable bonds is 4. The number of urea groups is 1. The number of hydroxylamine groups is 2. The minimum absolute atomic E-state index is 0.483. The summed E-state index contributed by atoms with van der Waals surface area (Å²) in [5.41, 5.74) is 0.517. The highest BCUT2D eigenvalue weighted by atomic mass is 35.5. The molecule has 6 nitrogen and oxygen atoms in total. The molecular weight excluding hydrogens is 424 g/mol. The van der Waals surface area contributed by atoms with Gasteiger partial charge in [0.15, 0.2) is 10.5 Å². The van der Waals surface area contributed by atoms with Gasteiger partial charge in [-0.2, -0.15) is 10.2 Å². The number of amides is 2. The topological polar surface area (TPSA) is 68.2 Å². The van der Waals surface area contributed by atoms with E-state index in [0.29, 0.717) is 20.1 Å². The smallest absolute Gasteiger partial charge is 0.306 e. The molecule has 2 amide bonds. The minimum atomic E-state index is -0.765.